The third kappa shape index (κ3) is 2.28. The molecule has 1 aromatic rings. The number of aliphatic imine (C=N–C) groups is 1. The molecule has 1 N–H and O–H groups in total. The van der Waals surface area contributed by atoms with Crippen LogP contribution >= 0.6 is 0 Å². The summed E-state index contributed by atoms with van der Waals surface area (Å²) in [5.41, 5.74) is 1.02. The SMILES string of the molecule is Cc1nccc(CNC2=NCCC2)n1. The Labute approximate surface area is 83.5 Å². The number of nitrogens with zero attached hydrogens (tertiary/aromatic N) is 3. The predicted octanol–water partition coefficient (Wildman–Crippen LogP) is 1.07. The van der Waals surface area contributed by atoms with Gasteiger partial charge in [-0.2, -0.15) is 0 Å². The lowest BCUT2D eigenvalue weighted by Crippen LogP contribution is -2.21. The summed E-state index contributed by atoms with van der Waals surface area (Å²) in [5, 5.41) is 3.28. The van der Waals surface area contributed by atoms with E-state index in [1.54, 1.807) is 6.20 Å². The zero-order valence-electron chi connectivity index (χ0n) is 8.32. The van der Waals surface area contributed by atoms with Crippen LogP contribution in [0.4, 0.5) is 0 Å². The number of hydrogen-bond acceptors (Lipinski definition) is 4. The Kier molecular flexibility index (Phi) is 2.72. The monoisotopic (exact) mass is 190 g/mol. The predicted molar refractivity (Wildman–Crippen MR) is 55.1 cm³/mol. The Morgan fingerprint density at radius 1 is 1.50 bits per heavy atom. The van der Waals surface area contributed by atoms with Crippen LogP contribution < -0.4 is 5.32 Å². The Hall–Kier alpha value is -1.45. The molecule has 0 saturated carbocycles. The van der Waals surface area contributed by atoms with Crippen LogP contribution in [-0.2, 0) is 6.54 Å². The van der Waals surface area contributed by atoms with Crippen molar-refractivity contribution in [2.75, 3.05) is 6.54 Å². The molecule has 4 nitrogen and oxygen atoms in total. The molecule has 1 aliphatic rings. The van der Waals surface area contributed by atoms with Crippen LogP contribution in [0.2, 0.25) is 0 Å². The van der Waals surface area contributed by atoms with Gasteiger partial charge >= 0.3 is 0 Å². The molecule has 0 unspecified atom stereocenters. The van der Waals surface area contributed by atoms with E-state index >= 15 is 0 Å². The second-order valence-corrected chi connectivity index (χ2v) is 3.38. The molecule has 0 radical (unpaired) electrons. The highest BCUT2D eigenvalue weighted by atomic mass is 15.0. The first-order valence-electron chi connectivity index (χ1n) is 4.90. The molecular weight excluding hydrogens is 176 g/mol. The molecule has 1 aromatic heterocycles. The molecular formula is C10H14N4. The van der Waals surface area contributed by atoms with Gasteiger partial charge in [0.25, 0.3) is 0 Å². The summed E-state index contributed by atoms with van der Waals surface area (Å²) < 4.78 is 0. The smallest absolute Gasteiger partial charge is 0.125 e. The Morgan fingerprint density at radius 2 is 2.43 bits per heavy atom. The highest BCUT2D eigenvalue weighted by Crippen LogP contribution is 2.02. The van der Waals surface area contributed by atoms with Gasteiger partial charge in [-0.05, 0) is 19.4 Å². The topological polar surface area (TPSA) is 50.2 Å². The van der Waals surface area contributed by atoms with Gasteiger partial charge in [-0.1, -0.05) is 0 Å². The molecule has 0 fully saturated rings. The second kappa shape index (κ2) is 4.17. The summed E-state index contributed by atoms with van der Waals surface area (Å²) in [4.78, 5) is 12.7. The minimum Gasteiger partial charge on any atom is -0.368 e. The third-order valence-electron chi connectivity index (χ3n) is 2.18. The van der Waals surface area contributed by atoms with Crippen LogP contribution in [0.15, 0.2) is 17.3 Å². The molecule has 1 aliphatic heterocycles. The van der Waals surface area contributed by atoms with Gasteiger partial charge < -0.3 is 5.32 Å². The molecule has 0 aliphatic carbocycles. The Balaban J connectivity index is 1.91. The van der Waals surface area contributed by atoms with Crippen LogP contribution in [0.3, 0.4) is 0 Å². The van der Waals surface area contributed by atoms with E-state index in [4.69, 9.17) is 0 Å². The number of rotatable bonds is 2. The fourth-order valence-corrected chi connectivity index (χ4v) is 1.48. The largest absolute Gasteiger partial charge is 0.368 e. The molecule has 0 saturated heterocycles. The number of aromatic nitrogens is 2. The van der Waals surface area contributed by atoms with Crippen molar-refractivity contribution in [3.63, 3.8) is 0 Å². The maximum Gasteiger partial charge on any atom is 0.125 e. The zero-order chi connectivity index (χ0) is 9.80. The van der Waals surface area contributed by atoms with Gasteiger partial charge in [-0.15, -0.1) is 0 Å². The van der Waals surface area contributed by atoms with Crippen molar-refractivity contribution >= 4 is 5.84 Å². The van der Waals surface area contributed by atoms with E-state index in [0.717, 1.165) is 36.9 Å². The van der Waals surface area contributed by atoms with Crippen molar-refractivity contribution < 1.29 is 0 Å². The first kappa shape index (κ1) is 9.12. The van der Waals surface area contributed by atoms with Crippen molar-refractivity contribution in [2.24, 2.45) is 4.99 Å². The van der Waals surface area contributed by atoms with Crippen LogP contribution in [0.25, 0.3) is 0 Å². The van der Waals surface area contributed by atoms with E-state index in [1.807, 2.05) is 13.0 Å². The fourth-order valence-electron chi connectivity index (χ4n) is 1.48. The van der Waals surface area contributed by atoms with Gasteiger partial charge in [-0.25, -0.2) is 9.97 Å². The molecule has 0 spiro atoms. The van der Waals surface area contributed by atoms with E-state index in [2.05, 4.69) is 20.3 Å². The van der Waals surface area contributed by atoms with E-state index in [9.17, 15) is 0 Å². The number of nitrogens with one attached hydrogen (secondary N) is 1. The number of aryl methyl sites for hydroxylation is 1. The van der Waals surface area contributed by atoms with Crippen LogP contribution in [0.1, 0.15) is 24.4 Å². The molecule has 0 atom stereocenters. The van der Waals surface area contributed by atoms with Gasteiger partial charge in [0, 0.05) is 19.2 Å². The van der Waals surface area contributed by atoms with Crippen LogP contribution in [0.5, 0.6) is 0 Å². The average molecular weight is 190 g/mol. The quantitative estimate of drug-likeness (QED) is 0.758. The standard InChI is InChI=1S/C10H14N4/c1-8-11-6-4-9(14-8)7-13-10-3-2-5-12-10/h4,6H,2-3,5,7H2,1H3,(H,12,13). The number of amidine groups is 1. The first-order valence-corrected chi connectivity index (χ1v) is 4.90. The minimum absolute atomic E-state index is 0.752. The van der Waals surface area contributed by atoms with Gasteiger partial charge in [0.05, 0.1) is 18.1 Å². The fraction of sp³-hybridized carbons (Fsp3) is 0.500. The molecule has 0 aromatic carbocycles. The van der Waals surface area contributed by atoms with Crippen LogP contribution in [0, 0.1) is 6.92 Å². The highest BCUT2D eigenvalue weighted by molar-refractivity contribution is 5.83. The van der Waals surface area contributed by atoms with E-state index in [0.29, 0.717) is 0 Å². The minimum atomic E-state index is 0.752. The van der Waals surface area contributed by atoms with E-state index in [1.165, 1.54) is 6.42 Å². The average Bonchev–Trinajstić information content (AvgIpc) is 2.67. The number of hydrogen-bond donors (Lipinski definition) is 1. The summed E-state index contributed by atoms with van der Waals surface area (Å²) >= 11 is 0. The van der Waals surface area contributed by atoms with Crippen molar-refractivity contribution in [1.82, 2.24) is 15.3 Å². The zero-order valence-corrected chi connectivity index (χ0v) is 8.32. The summed E-state index contributed by atoms with van der Waals surface area (Å²) in [6.07, 6.45) is 4.03. The van der Waals surface area contributed by atoms with Crippen molar-refractivity contribution in [1.29, 1.82) is 0 Å². The van der Waals surface area contributed by atoms with Crippen molar-refractivity contribution in [2.45, 2.75) is 26.3 Å². The molecule has 0 bridgehead atoms. The van der Waals surface area contributed by atoms with E-state index in [-0.39, 0.29) is 0 Å². The van der Waals surface area contributed by atoms with E-state index < -0.39 is 0 Å². The van der Waals surface area contributed by atoms with Gasteiger partial charge in [0.1, 0.15) is 5.82 Å². The molecule has 0 amide bonds. The summed E-state index contributed by atoms with van der Waals surface area (Å²) in [6, 6.07) is 1.93. The van der Waals surface area contributed by atoms with Crippen molar-refractivity contribution in [3.05, 3.63) is 23.8 Å². The summed E-state index contributed by atoms with van der Waals surface area (Å²) in [7, 11) is 0. The first-order chi connectivity index (χ1) is 6.84. The molecule has 2 heterocycles. The lowest BCUT2D eigenvalue weighted by Gasteiger charge is -2.04. The van der Waals surface area contributed by atoms with Gasteiger partial charge in [0.15, 0.2) is 0 Å². The maximum absolute atomic E-state index is 4.34. The molecule has 2 rings (SSSR count). The molecule has 4 heteroatoms. The Morgan fingerprint density at radius 3 is 3.14 bits per heavy atom. The van der Waals surface area contributed by atoms with Gasteiger partial charge in [-0.3, -0.25) is 4.99 Å². The van der Waals surface area contributed by atoms with Crippen LogP contribution in [-0.4, -0.2) is 22.3 Å². The summed E-state index contributed by atoms with van der Waals surface area (Å²) in [5.74, 6) is 1.93. The van der Waals surface area contributed by atoms with Crippen molar-refractivity contribution in [3.8, 4) is 0 Å². The second-order valence-electron chi connectivity index (χ2n) is 3.38. The lowest BCUT2D eigenvalue weighted by molar-refractivity contribution is 0.836. The normalized spacial score (nSPS) is 15.4. The third-order valence-corrected chi connectivity index (χ3v) is 2.18. The highest BCUT2D eigenvalue weighted by Gasteiger charge is 2.05. The van der Waals surface area contributed by atoms with Gasteiger partial charge in [0.2, 0.25) is 0 Å². The summed E-state index contributed by atoms with van der Waals surface area (Å²) in [6.45, 7) is 3.61. The Bertz CT molecular complexity index is 346. The molecule has 74 valence electrons. The maximum atomic E-state index is 4.34. The lowest BCUT2D eigenvalue weighted by atomic mass is 10.3. The molecule has 14 heavy (non-hydrogen) atoms.